The van der Waals surface area contributed by atoms with Crippen LogP contribution in [-0.2, 0) is 4.79 Å². The van der Waals surface area contributed by atoms with Gasteiger partial charge in [-0.25, -0.2) is 4.98 Å². The number of aromatic nitrogens is 2. The van der Waals surface area contributed by atoms with Gasteiger partial charge >= 0.3 is 5.97 Å². The molecule has 18 heavy (non-hydrogen) atoms. The molecule has 1 saturated heterocycles. The Balaban J connectivity index is 2.01. The first-order chi connectivity index (χ1) is 8.56. The van der Waals surface area contributed by atoms with Crippen LogP contribution in [0.4, 0.5) is 0 Å². The molecule has 0 bridgehead atoms. The molecule has 0 aliphatic carbocycles. The number of hydrogen-bond acceptors (Lipinski definition) is 4. The molecule has 96 valence electrons. The number of likely N-dealkylation sites (tertiary alicyclic amines) is 1. The zero-order chi connectivity index (χ0) is 13.1. The molecule has 1 atom stereocenters. The quantitative estimate of drug-likeness (QED) is 0.887. The molecule has 2 rings (SSSR count). The lowest BCUT2D eigenvalue weighted by Gasteiger charge is -2.15. The molecule has 6 nitrogen and oxygen atoms in total. The molecule has 7 heteroatoms. The highest BCUT2D eigenvalue weighted by atomic mass is 35.5. The molecule has 2 heterocycles. The lowest BCUT2D eigenvalue weighted by molar-refractivity contribution is -0.138. The summed E-state index contributed by atoms with van der Waals surface area (Å²) in [7, 11) is 0. The summed E-state index contributed by atoms with van der Waals surface area (Å²) < 4.78 is 0. The minimum absolute atomic E-state index is 0.0126. The second-order valence-corrected chi connectivity index (χ2v) is 4.62. The van der Waals surface area contributed by atoms with Gasteiger partial charge in [0.1, 0.15) is 10.8 Å². The van der Waals surface area contributed by atoms with Gasteiger partial charge < -0.3 is 10.0 Å². The Kier molecular flexibility index (Phi) is 3.76. The van der Waals surface area contributed by atoms with Crippen LogP contribution in [0.5, 0.6) is 0 Å². The van der Waals surface area contributed by atoms with Crippen molar-refractivity contribution in [2.75, 3.05) is 13.1 Å². The summed E-state index contributed by atoms with van der Waals surface area (Å²) in [4.78, 5) is 31.9. The fourth-order valence-corrected chi connectivity index (χ4v) is 2.19. The average molecular weight is 270 g/mol. The van der Waals surface area contributed by atoms with Gasteiger partial charge in [-0.05, 0) is 12.3 Å². The first kappa shape index (κ1) is 12.8. The molecule has 1 aliphatic heterocycles. The number of halogens is 1. The number of carbonyl (C=O) groups excluding carboxylic acids is 1. The predicted octanol–water partition coefficient (Wildman–Crippen LogP) is 1.07. The van der Waals surface area contributed by atoms with E-state index in [9.17, 15) is 9.59 Å². The normalized spacial score (nSPS) is 18.9. The summed E-state index contributed by atoms with van der Waals surface area (Å²) in [6.07, 6.45) is 3.51. The van der Waals surface area contributed by atoms with E-state index in [1.165, 1.54) is 12.4 Å². The van der Waals surface area contributed by atoms with Crippen LogP contribution in [-0.4, -0.2) is 44.9 Å². The lowest BCUT2D eigenvalue weighted by Crippen LogP contribution is -2.29. The van der Waals surface area contributed by atoms with Crippen LogP contribution in [0.1, 0.15) is 23.3 Å². The van der Waals surface area contributed by atoms with Crippen molar-refractivity contribution < 1.29 is 14.7 Å². The molecular weight excluding hydrogens is 258 g/mol. The van der Waals surface area contributed by atoms with Crippen LogP contribution >= 0.6 is 11.6 Å². The fourth-order valence-electron chi connectivity index (χ4n) is 2.04. The zero-order valence-electron chi connectivity index (χ0n) is 9.54. The Hall–Kier alpha value is -1.69. The summed E-state index contributed by atoms with van der Waals surface area (Å²) in [6.45, 7) is 0.990. The Morgan fingerprint density at radius 2 is 2.28 bits per heavy atom. The predicted molar refractivity (Wildman–Crippen MR) is 63.3 cm³/mol. The van der Waals surface area contributed by atoms with Crippen LogP contribution in [0.15, 0.2) is 12.4 Å². The number of nitrogens with zero attached hydrogens (tertiary/aromatic N) is 3. The van der Waals surface area contributed by atoms with E-state index in [1.54, 1.807) is 4.90 Å². The van der Waals surface area contributed by atoms with E-state index in [4.69, 9.17) is 16.7 Å². The monoisotopic (exact) mass is 269 g/mol. The Morgan fingerprint density at radius 3 is 2.94 bits per heavy atom. The van der Waals surface area contributed by atoms with Crippen molar-refractivity contribution in [2.45, 2.75) is 12.8 Å². The van der Waals surface area contributed by atoms with Crippen LogP contribution < -0.4 is 0 Å². The van der Waals surface area contributed by atoms with Crippen molar-refractivity contribution in [1.82, 2.24) is 14.9 Å². The van der Waals surface area contributed by atoms with Crippen LogP contribution in [0.3, 0.4) is 0 Å². The van der Waals surface area contributed by atoms with E-state index in [1.807, 2.05) is 0 Å². The summed E-state index contributed by atoms with van der Waals surface area (Å²) in [5.74, 6) is -1.08. The van der Waals surface area contributed by atoms with Crippen molar-refractivity contribution in [3.05, 3.63) is 23.2 Å². The number of amides is 1. The summed E-state index contributed by atoms with van der Waals surface area (Å²) in [5, 5.41) is 8.88. The van der Waals surface area contributed by atoms with Crippen molar-refractivity contribution in [3.8, 4) is 0 Å². The zero-order valence-corrected chi connectivity index (χ0v) is 10.3. The standard InChI is InChI=1S/C11H12ClN3O3/c12-9-5-13-4-8(14-9)11(18)15-2-1-7(6-15)3-10(16)17/h4-5,7H,1-3,6H2,(H,16,17). The van der Waals surface area contributed by atoms with Crippen molar-refractivity contribution in [3.63, 3.8) is 0 Å². The third-order valence-corrected chi connectivity index (χ3v) is 3.04. The second kappa shape index (κ2) is 5.30. The van der Waals surface area contributed by atoms with E-state index in [0.29, 0.717) is 19.5 Å². The van der Waals surface area contributed by atoms with Gasteiger partial charge in [0.05, 0.1) is 12.4 Å². The highest BCUT2D eigenvalue weighted by molar-refractivity contribution is 6.29. The SMILES string of the molecule is O=C(O)CC1CCN(C(=O)c2cncc(Cl)n2)C1. The molecular formula is C11H12ClN3O3. The van der Waals surface area contributed by atoms with Crippen molar-refractivity contribution >= 4 is 23.5 Å². The van der Waals surface area contributed by atoms with Crippen molar-refractivity contribution in [1.29, 1.82) is 0 Å². The smallest absolute Gasteiger partial charge is 0.303 e. The van der Waals surface area contributed by atoms with Gasteiger partial charge in [-0.3, -0.25) is 14.6 Å². The van der Waals surface area contributed by atoms with E-state index >= 15 is 0 Å². The first-order valence-electron chi connectivity index (χ1n) is 5.55. The van der Waals surface area contributed by atoms with Crippen LogP contribution in [0.25, 0.3) is 0 Å². The van der Waals surface area contributed by atoms with Gasteiger partial charge in [0.25, 0.3) is 5.91 Å². The Morgan fingerprint density at radius 1 is 1.50 bits per heavy atom. The van der Waals surface area contributed by atoms with Gasteiger partial charge in [-0.2, -0.15) is 0 Å². The van der Waals surface area contributed by atoms with Crippen molar-refractivity contribution in [2.24, 2.45) is 5.92 Å². The Labute approximate surface area is 109 Å². The van der Waals surface area contributed by atoms with E-state index in [0.717, 1.165) is 0 Å². The third-order valence-electron chi connectivity index (χ3n) is 2.86. The number of carboxylic acids is 1. The largest absolute Gasteiger partial charge is 0.481 e. The van der Waals surface area contributed by atoms with Crippen LogP contribution in [0.2, 0.25) is 5.15 Å². The molecule has 0 saturated carbocycles. The molecule has 1 aliphatic rings. The average Bonchev–Trinajstić information content (AvgIpc) is 2.75. The molecule has 1 aromatic heterocycles. The second-order valence-electron chi connectivity index (χ2n) is 4.23. The molecule has 1 aromatic rings. The van der Waals surface area contributed by atoms with Gasteiger partial charge in [0.2, 0.25) is 0 Å². The lowest BCUT2D eigenvalue weighted by atomic mass is 10.1. The fraction of sp³-hybridized carbons (Fsp3) is 0.455. The minimum atomic E-state index is -0.836. The van der Waals surface area contributed by atoms with Crippen LogP contribution in [0, 0.1) is 5.92 Å². The summed E-state index contributed by atoms with van der Waals surface area (Å²) >= 11 is 5.67. The number of aliphatic carboxylic acids is 1. The van der Waals surface area contributed by atoms with E-state index < -0.39 is 5.97 Å². The summed E-state index contributed by atoms with van der Waals surface area (Å²) in [6, 6.07) is 0. The van der Waals surface area contributed by atoms with Gasteiger partial charge in [-0.1, -0.05) is 11.6 Å². The minimum Gasteiger partial charge on any atom is -0.481 e. The Bertz CT molecular complexity index is 480. The van der Waals surface area contributed by atoms with Gasteiger partial charge in [0.15, 0.2) is 0 Å². The van der Waals surface area contributed by atoms with Gasteiger partial charge in [0, 0.05) is 19.5 Å². The molecule has 1 N–H and O–H groups in total. The molecule has 1 fully saturated rings. The maximum absolute atomic E-state index is 12.0. The molecule has 0 spiro atoms. The topological polar surface area (TPSA) is 83.4 Å². The molecule has 1 unspecified atom stereocenters. The maximum atomic E-state index is 12.0. The highest BCUT2D eigenvalue weighted by Crippen LogP contribution is 2.21. The molecule has 0 radical (unpaired) electrons. The molecule has 0 aromatic carbocycles. The number of carbonyl (C=O) groups is 2. The highest BCUT2D eigenvalue weighted by Gasteiger charge is 2.29. The summed E-state index contributed by atoms with van der Waals surface area (Å²) in [5.41, 5.74) is 0.193. The third kappa shape index (κ3) is 2.95. The first-order valence-corrected chi connectivity index (χ1v) is 5.92. The number of rotatable bonds is 3. The van der Waals surface area contributed by atoms with E-state index in [-0.39, 0.29) is 29.1 Å². The molecule has 1 amide bonds. The van der Waals surface area contributed by atoms with Gasteiger partial charge in [-0.15, -0.1) is 0 Å². The maximum Gasteiger partial charge on any atom is 0.303 e. The number of hydrogen-bond donors (Lipinski definition) is 1. The number of carboxylic acid groups (broad SMARTS) is 1. The van der Waals surface area contributed by atoms with E-state index in [2.05, 4.69) is 9.97 Å².